The van der Waals surface area contributed by atoms with Crippen molar-refractivity contribution in [1.29, 1.82) is 0 Å². The van der Waals surface area contributed by atoms with Gasteiger partial charge in [-0.25, -0.2) is 0 Å². The first-order valence-electron chi connectivity index (χ1n) is 6.25. The molecule has 18 heavy (non-hydrogen) atoms. The van der Waals surface area contributed by atoms with Crippen molar-refractivity contribution in [3.8, 4) is 0 Å². The van der Waals surface area contributed by atoms with E-state index in [2.05, 4.69) is 18.7 Å². The highest BCUT2D eigenvalue weighted by Gasteiger charge is 2.35. The predicted octanol–water partition coefficient (Wildman–Crippen LogP) is 1.21. The second-order valence-electron chi connectivity index (χ2n) is 5.22. The van der Waals surface area contributed by atoms with Crippen LogP contribution in [0.15, 0.2) is 12.1 Å². The average molecular weight is 247 g/mol. The predicted molar refractivity (Wildman–Crippen MR) is 73.8 cm³/mol. The zero-order valence-corrected chi connectivity index (χ0v) is 11.5. The number of hydrogen-bond donors (Lipinski definition) is 1. The maximum absolute atomic E-state index is 12.2. The van der Waals surface area contributed by atoms with E-state index in [1.807, 2.05) is 31.1 Å². The minimum absolute atomic E-state index is 0.0144. The van der Waals surface area contributed by atoms with Gasteiger partial charge in [0.05, 0.1) is 5.69 Å². The van der Waals surface area contributed by atoms with Gasteiger partial charge in [-0.15, -0.1) is 0 Å². The SMILES string of the molecule is Cc1ccc2c(c1C)N(CCN(C)C)C(=O)C2N. The van der Waals surface area contributed by atoms with Crippen molar-refractivity contribution in [2.75, 3.05) is 32.1 Å². The minimum Gasteiger partial charge on any atom is -0.316 e. The highest BCUT2D eigenvalue weighted by atomic mass is 16.2. The van der Waals surface area contributed by atoms with E-state index in [1.165, 1.54) is 5.56 Å². The summed E-state index contributed by atoms with van der Waals surface area (Å²) in [5.41, 5.74) is 10.3. The molecule has 1 amide bonds. The van der Waals surface area contributed by atoms with Gasteiger partial charge in [0.15, 0.2) is 0 Å². The standard InChI is InChI=1S/C14H21N3O/c1-9-5-6-11-12(15)14(18)17(8-7-16(3)4)13(11)10(9)2/h5-6,12H,7-8,15H2,1-4H3. The smallest absolute Gasteiger partial charge is 0.248 e. The van der Waals surface area contributed by atoms with E-state index in [4.69, 9.17) is 5.73 Å². The lowest BCUT2D eigenvalue weighted by Gasteiger charge is -2.22. The molecule has 4 heteroatoms. The molecule has 1 heterocycles. The number of likely N-dealkylation sites (N-methyl/N-ethyl adjacent to an activating group) is 1. The van der Waals surface area contributed by atoms with Crippen molar-refractivity contribution in [1.82, 2.24) is 4.90 Å². The maximum Gasteiger partial charge on any atom is 0.248 e. The number of aryl methyl sites for hydroxylation is 1. The van der Waals surface area contributed by atoms with E-state index in [0.717, 1.165) is 23.4 Å². The Labute approximate surface area is 108 Å². The number of fused-ring (bicyclic) bond motifs is 1. The molecule has 0 fully saturated rings. The Balaban J connectivity index is 2.40. The van der Waals surface area contributed by atoms with E-state index in [9.17, 15) is 4.79 Å². The van der Waals surface area contributed by atoms with Crippen molar-refractivity contribution in [3.63, 3.8) is 0 Å². The lowest BCUT2D eigenvalue weighted by Crippen LogP contribution is -2.37. The van der Waals surface area contributed by atoms with Crippen molar-refractivity contribution in [2.24, 2.45) is 5.73 Å². The van der Waals surface area contributed by atoms with Crippen LogP contribution in [-0.2, 0) is 4.79 Å². The minimum atomic E-state index is -0.499. The van der Waals surface area contributed by atoms with Crippen LogP contribution in [0.5, 0.6) is 0 Å². The van der Waals surface area contributed by atoms with Gasteiger partial charge in [0.1, 0.15) is 6.04 Å². The molecule has 0 spiro atoms. The maximum atomic E-state index is 12.2. The number of nitrogens with two attached hydrogens (primary N) is 1. The molecule has 0 aromatic heterocycles. The quantitative estimate of drug-likeness (QED) is 0.873. The van der Waals surface area contributed by atoms with Crippen LogP contribution in [0.2, 0.25) is 0 Å². The van der Waals surface area contributed by atoms with Gasteiger partial charge in [-0.2, -0.15) is 0 Å². The number of carbonyl (C=O) groups excluding carboxylic acids is 1. The van der Waals surface area contributed by atoms with Crippen molar-refractivity contribution in [3.05, 3.63) is 28.8 Å². The molecule has 98 valence electrons. The lowest BCUT2D eigenvalue weighted by molar-refractivity contribution is -0.119. The molecule has 0 radical (unpaired) electrons. The summed E-state index contributed by atoms with van der Waals surface area (Å²) in [6.07, 6.45) is 0. The van der Waals surface area contributed by atoms with Crippen LogP contribution < -0.4 is 10.6 Å². The summed E-state index contributed by atoms with van der Waals surface area (Å²) in [5, 5.41) is 0. The molecule has 2 N–H and O–H groups in total. The molecule has 1 aromatic rings. The highest BCUT2D eigenvalue weighted by molar-refractivity contribution is 6.05. The van der Waals surface area contributed by atoms with E-state index in [0.29, 0.717) is 6.54 Å². The number of carbonyl (C=O) groups is 1. The second kappa shape index (κ2) is 4.71. The molecule has 1 aliphatic heterocycles. The molecule has 1 atom stereocenters. The number of benzene rings is 1. The van der Waals surface area contributed by atoms with Crippen LogP contribution >= 0.6 is 0 Å². The number of nitrogens with zero attached hydrogens (tertiary/aromatic N) is 2. The number of anilines is 1. The van der Waals surface area contributed by atoms with E-state index in [1.54, 1.807) is 0 Å². The molecule has 0 saturated carbocycles. The Morgan fingerprint density at radius 2 is 2.00 bits per heavy atom. The molecule has 1 unspecified atom stereocenters. The Bertz CT molecular complexity index is 482. The summed E-state index contributed by atoms with van der Waals surface area (Å²) >= 11 is 0. The zero-order chi connectivity index (χ0) is 13.4. The summed E-state index contributed by atoms with van der Waals surface area (Å²) in [6.45, 7) is 5.65. The number of amides is 1. The third kappa shape index (κ3) is 2.02. The fourth-order valence-corrected chi connectivity index (χ4v) is 2.36. The third-order valence-corrected chi connectivity index (χ3v) is 3.64. The summed E-state index contributed by atoms with van der Waals surface area (Å²) in [7, 11) is 4.01. The average Bonchev–Trinajstić information content (AvgIpc) is 2.55. The molecule has 0 bridgehead atoms. The fourth-order valence-electron chi connectivity index (χ4n) is 2.36. The van der Waals surface area contributed by atoms with Crippen LogP contribution in [0.3, 0.4) is 0 Å². The van der Waals surface area contributed by atoms with Gasteiger partial charge in [0.25, 0.3) is 0 Å². The van der Waals surface area contributed by atoms with Crippen LogP contribution in [-0.4, -0.2) is 38.0 Å². The first-order chi connectivity index (χ1) is 8.43. The summed E-state index contributed by atoms with van der Waals surface area (Å²) in [5.74, 6) is 0.0144. The van der Waals surface area contributed by atoms with Crippen LogP contribution in [0, 0.1) is 13.8 Å². The van der Waals surface area contributed by atoms with Gasteiger partial charge < -0.3 is 15.5 Å². The van der Waals surface area contributed by atoms with Gasteiger partial charge in [-0.05, 0) is 39.1 Å². The first kappa shape index (κ1) is 13.1. The molecular formula is C14H21N3O. The summed E-state index contributed by atoms with van der Waals surface area (Å²) in [6, 6.07) is 3.52. The molecule has 2 rings (SSSR count). The van der Waals surface area contributed by atoms with Gasteiger partial charge >= 0.3 is 0 Å². The van der Waals surface area contributed by atoms with Gasteiger partial charge in [0, 0.05) is 18.7 Å². The van der Waals surface area contributed by atoms with Gasteiger partial charge in [0.2, 0.25) is 5.91 Å². The largest absolute Gasteiger partial charge is 0.316 e. The molecule has 4 nitrogen and oxygen atoms in total. The topological polar surface area (TPSA) is 49.6 Å². The number of rotatable bonds is 3. The second-order valence-corrected chi connectivity index (χ2v) is 5.22. The molecule has 0 saturated heterocycles. The normalized spacial score (nSPS) is 18.7. The Morgan fingerprint density at radius 3 is 2.61 bits per heavy atom. The van der Waals surface area contributed by atoms with Crippen LogP contribution in [0.25, 0.3) is 0 Å². The van der Waals surface area contributed by atoms with Gasteiger partial charge in [-0.1, -0.05) is 12.1 Å². The third-order valence-electron chi connectivity index (χ3n) is 3.64. The lowest BCUT2D eigenvalue weighted by atomic mass is 10.0. The van der Waals surface area contributed by atoms with E-state index in [-0.39, 0.29) is 5.91 Å². The Kier molecular flexibility index (Phi) is 3.41. The Hall–Kier alpha value is -1.39. The summed E-state index contributed by atoms with van der Waals surface area (Å²) in [4.78, 5) is 16.1. The molecule has 1 aliphatic rings. The van der Waals surface area contributed by atoms with Crippen LogP contribution in [0.1, 0.15) is 22.7 Å². The van der Waals surface area contributed by atoms with Crippen molar-refractivity contribution < 1.29 is 4.79 Å². The van der Waals surface area contributed by atoms with Crippen molar-refractivity contribution >= 4 is 11.6 Å². The van der Waals surface area contributed by atoms with E-state index < -0.39 is 6.04 Å². The molecule has 1 aromatic carbocycles. The van der Waals surface area contributed by atoms with Gasteiger partial charge in [-0.3, -0.25) is 4.79 Å². The molecule has 0 aliphatic carbocycles. The summed E-state index contributed by atoms with van der Waals surface area (Å²) < 4.78 is 0. The van der Waals surface area contributed by atoms with E-state index >= 15 is 0 Å². The van der Waals surface area contributed by atoms with Crippen molar-refractivity contribution in [2.45, 2.75) is 19.9 Å². The number of hydrogen-bond acceptors (Lipinski definition) is 3. The Morgan fingerprint density at radius 1 is 1.33 bits per heavy atom. The fraction of sp³-hybridized carbons (Fsp3) is 0.500. The first-order valence-corrected chi connectivity index (χ1v) is 6.25. The monoisotopic (exact) mass is 247 g/mol. The van der Waals surface area contributed by atoms with Crippen LogP contribution in [0.4, 0.5) is 5.69 Å². The zero-order valence-electron chi connectivity index (χ0n) is 11.5. The highest BCUT2D eigenvalue weighted by Crippen LogP contribution is 2.38. The molecular weight excluding hydrogens is 226 g/mol.